The minimum atomic E-state index is -2.83. The molecule has 0 aromatic heterocycles. The first-order valence-electron chi connectivity index (χ1n) is 6.71. The van der Waals surface area contributed by atoms with Crippen molar-refractivity contribution in [2.24, 2.45) is 5.92 Å². The van der Waals surface area contributed by atoms with E-state index in [0.29, 0.717) is 17.7 Å². The van der Waals surface area contributed by atoms with Gasteiger partial charge in [0.2, 0.25) is 0 Å². The molecule has 0 amide bonds. The molecule has 2 aliphatic heterocycles. The van der Waals surface area contributed by atoms with Gasteiger partial charge in [-0.05, 0) is 19.9 Å². The van der Waals surface area contributed by atoms with Gasteiger partial charge in [-0.3, -0.25) is 0 Å². The lowest BCUT2D eigenvalue weighted by molar-refractivity contribution is 0.180. The zero-order chi connectivity index (χ0) is 13.2. The van der Waals surface area contributed by atoms with Crippen LogP contribution in [0.25, 0.3) is 0 Å². The van der Waals surface area contributed by atoms with Crippen LogP contribution < -0.4 is 10.6 Å². The molecule has 0 radical (unpaired) electrons. The van der Waals surface area contributed by atoms with Crippen molar-refractivity contribution in [1.29, 1.82) is 0 Å². The first kappa shape index (κ1) is 14.2. The third-order valence-corrected chi connectivity index (χ3v) is 5.86. The summed E-state index contributed by atoms with van der Waals surface area (Å²) in [6.45, 7) is 7.38. The van der Waals surface area contributed by atoms with Gasteiger partial charge in [-0.25, -0.2) is 8.42 Å². The molecule has 2 saturated heterocycles. The molecule has 2 heterocycles. The Morgan fingerprint density at radius 3 is 2.78 bits per heavy atom. The highest BCUT2D eigenvalue weighted by atomic mass is 32.2. The van der Waals surface area contributed by atoms with Crippen LogP contribution in [0.1, 0.15) is 20.3 Å². The Balaban J connectivity index is 1.84. The van der Waals surface area contributed by atoms with Crippen molar-refractivity contribution in [1.82, 2.24) is 10.6 Å². The van der Waals surface area contributed by atoms with Crippen molar-refractivity contribution in [2.75, 3.05) is 37.8 Å². The fourth-order valence-electron chi connectivity index (χ4n) is 2.81. The van der Waals surface area contributed by atoms with Gasteiger partial charge in [-0.15, -0.1) is 0 Å². The smallest absolute Gasteiger partial charge is 0.152 e. The Bertz CT molecular complexity index is 385. The summed E-state index contributed by atoms with van der Waals surface area (Å²) in [4.78, 5) is 0. The van der Waals surface area contributed by atoms with Crippen molar-refractivity contribution in [3.8, 4) is 0 Å². The van der Waals surface area contributed by atoms with Crippen molar-refractivity contribution in [2.45, 2.75) is 31.8 Å². The van der Waals surface area contributed by atoms with Crippen LogP contribution in [-0.4, -0.2) is 57.8 Å². The molecule has 6 heteroatoms. The minimum absolute atomic E-state index is 0.252. The highest BCUT2D eigenvalue weighted by molar-refractivity contribution is 7.91. The molecule has 0 spiro atoms. The monoisotopic (exact) mass is 276 g/mol. The second-order valence-corrected chi connectivity index (χ2v) is 7.93. The Labute approximate surface area is 110 Å². The van der Waals surface area contributed by atoms with E-state index in [-0.39, 0.29) is 11.3 Å². The predicted molar refractivity (Wildman–Crippen MR) is 71.5 cm³/mol. The molecule has 0 aromatic carbocycles. The molecule has 106 valence electrons. The minimum Gasteiger partial charge on any atom is -0.379 e. The van der Waals surface area contributed by atoms with E-state index in [1.54, 1.807) is 0 Å². The van der Waals surface area contributed by atoms with Crippen LogP contribution in [-0.2, 0) is 14.6 Å². The first-order valence-corrected chi connectivity index (χ1v) is 8.53. The molecule has 2 rings (SSSR count). The van der Waals surface area contributed by atoms with Gasteiger partial charge < -0.3 is 15.4 Å². The summed E-state index contributed by atoms with van der Waals surface area (Å²) in [6, 6.07) is 0.393. The molecule has 3 unspecified atom stereocenters. The van der Waals surface area contributed by atoms with Gasteiger partial charge in [0.1, 0.15) is 0 Å². The van der Waals surface area contributed by atoms with Gasteiger partial charge in [-0.2, -0.15) is 0 Å². The van der Waals surface area contributed by atoms with Gasteiger partial charge >= 0.3 is 0 Å². The number of sulfone groups is 1. The molecule has 2 fully saturated rings. The Morgan fingerprint density at radius 1 is 1.39 bits per heavy atom. The molecular weight excluding hydrogens is 252 g/mol. The zero-order valence-corrected chi connectivity index (χ0v) is 12.1. The van der Waals surface area contributed by atoms with Crippen LogP contribution in [0, 0.1) is 5.92 Å². The van der Waals surface area contributed by atoms with Crippen LogP contribution >= 0.6 is 0 Å². The summed E-state index contributed by atoms with van der Waals surface area (Å²) < 4.78 is 28.6. The van der Waals surface area contributed by atoms with Crippen LogP contribution in [0.3, 0.4) is 0 Å². The number of hydrogen-bond donors (Lipinski definition) is 2. The highest BCUT2D eigenvalue weighted by Crippen LogP contribution is 2.24. The quantitative estimate of drug-likeness (QED) is 0.726. The standard InChI is InChI=1S/C12H24N2O3S/c1-3-13-11-8-17-7-10(11)6-14-12(2)4-5-18(15,16)9-12/h10-11,13-14H,3-9H2,1-2H3. The second-order valence-electron chi connectivity index (χ2n) is 5.75. The van der Waals surface area contributed by atoms with Crippen molar-refractivity contribution >= 4 is 9.84 Å². The summed E-state index contributed by atoms with van der Waals surface area (Å²) in [5.74, 6) is 1.01. The Morgan fingerprint density at radius 2 is 2.17 bits per heavy atom. The van der Waals surface area contributed by atoms with Crippen molar-refractivity contribution < 1.29 is 13.2 Å². The van der Waals surface area contributed by atoms with Crippen LogP contribution in [0.15, 0.2) is 0 Å². The number of rotatable bonds is 5. The average Bonchev–Trinajstić information content (AvgIpc) is 2.82. The fourth-order valence-corrected chi connectivity index (χ4v) is 4.94. The van der Waals surface area contributed by atoms with E-state index < -0.39 is 9.84 Å². The van der Waals surface area contributed by atoms with E-state index in [4.69, 9.17) is 4.74 Å². The zero-order valence-electron chi connectivity index (χ0n) is 11.2. The summed E-state index contributed by atoms with van der Waals surface area (Å²) in [5, 5.41) is 6.86. The number of ether oxygens (including phenoxy) is 1. The van der Waals surface area contributed by atoms with Crippen molar-refractivity contribution in [3.63, 3.8) is 0 Å². The third kappa shape index (κ3) is 3.44. The number of nitrogens with one attached hydrogen (secondary N) is 2. The normalized spacial score (nSPS) is 39.2. The Hall–Kier alpha value is -0.170. The third-order valence-electron chi connectivity index (χ3n) is 3.96. The van der Waals surface area contributed by atoms with E-state index in [9.17, 15) is 8.42 Å². The maximum absolute atomic E-state index is 11.5. The lowest BCUT2D eigenvalue weighted by atomic mass is 9.98. The van der Waals surface area contributed by atoms with Crippen LogP contribution in [0.5, 0.6) is 0 Å². The van der Waals surface area contributed by atoms with Gasteiger partial charge in [0, 0.05) is 24.0 Å². The largest absolute Gasteiger partial charge is 0.379 e. The van der Waals surface area contributed by atoms with Crippen molar-refractivity contribution in [3.05, 3.63) is 0 Å². The van der Waals surface area contributed by atoms with Gasteiger partial charge in [0.15, 0.2) is 9.84 Å². The predicted octanol–water partition coefficient (Wildman–Crippen LogP) is -0.222. The second kappa shape index (κ2) is 5.45. The maximum atomic E-state index is 11.5. The summed E-state index contributed by atoms with van der Waals surface area (Å²) in [7, 11) is -2.83. The summed E-state index contributed by atoms with van der Waals surface area (Å²) in [6.07, 6.45) is 0.717. The molecule has 0 aromatic rings. The summed E-state index contributed by atoms with van der Waals surface area (Å²) >= 11 is 0. The lowest BCUT2D eigenvalue weighted by Gasteiger charge is -2.27. The molecule has 0 saturated carbocycles. The van der Waals surface area contributed by atoms with Gasteiger partial charge in [-0.1, -0.05) is 6.92 Å². The van der Waals surface area contributed by atoms with E-state index >= 15 is 0 Å². The van der Waals surface area contributed by atoms with Crippen LogP contribution in [0.4, 0.5) is 0 Å². The molecule has 18 heavy (non-hydrogen) atoms. The molecule has 0 aliphatic carbocycles. The highest BCUT2D eigenvalue weighted by Gasteiger charge is 2.39. The molecular formula is C12H24N2O3S. The maximum Gasteiger partial charge on any atom is 0.152 e. The average molecular weight is 276 g/mol. The lowest BCUT2D eigenvalue weighted by Crippen LogP contribution is -2.49. The first-order chi connectivity index (χ1) is 8.44. The molecule has 3 atom stereocenters. The van der Waals surface area contributed by atoms with E-state index in [0.717, 1.165) is 32.7 Å². The van der Waals surface area contributed by atoms with E-state index in [2.05, 4.69) is 17.6 Å². The van der Waals surface area contributed by atoms with E-state index in [1.165, 1.54) is 0 Å². The van der Waals surface area contributed by atoms with E-state index in [1.807, 2.05) is 6.92 Å². The summed E-state index contributed by atoms with van der Waals surface area (Å²) in [5.41, 5.74) is -0.252. The molecule has 5 nitrogen and oxygen atoms in total. The topological polar surface area (TPSA) is 67.4 Å². The van der Waals surface area contributed by atoms with Gasteiger partial charge in [0.25, 0.3) is 0 Å². The molecule has 2 aliphatic rings. The number of hydrogen-bond acceptors (Lipinski definition) is 5. The Kier molecular flexibility index (Phi) is 4.31. The SMILES string of the molecule is CCNC1COCC1CNC1(C)CCS(=O)(=O)C1. The fraction of sp³-hybridized carbons (Fsp3) is 1.00. The van der Waals surface area contributed by atoms with Crippen LogP contribution in [0.2, 0.25) is 0 Å². The number of likely N-dealkylation sites (N-methyl/N-ethyl adjacent to an activating group) is 1. The molecule has 0 bridgehead atoms. The molecule has 2 N–H and O–H groups in total. The van der Waals surface area contributed by atoms with Gasteiger partial charge in [0.05, 0.1) is 24.7 Å².